The van der Waals surface area contributed by atoms with Crippen LogP contribution in [-0.2, 0) is 0 Å². The van der Waals surface area contributed by atoms with Gasteiger partial charge in [-0.1, -0.05) is 19.1 Å². The minimum atomic E-state index is -0.542. The van der Waals surface area contributed by atoms with Crippen LogP contribution in [0.5, 0.6) is 5.75 Å². The summed E-state index contributed by atoms with van der Waals surface area (Å²) in [6, 6.07) is 6.30. The van der Waals surface area contributed by atoms with E-state index in [4.69, 9.17) is 0 Å². The SMILES string of the molecule is CCC(O)CNC(=O)c1ccccc1O. The van der Waals surface area contributed by atoms with Crippen molar-refractivity contribution in [1.82, 2.24) is 5.32 Å². The molecule has 0 saturated heterocycles. The first-order chi connectivity index (χ1) is 7.15. The smallest absolute Gasteiger partial charge is 0.255 e. The number of rotatable bonds is 4. The van der Waals surface area contributed by atoms with Crippen LogP contribution in [-0.4, -0.2) is 28.8 Å². The molecule has 0 saturated carbocycles. The number of nitrogens with one attached hydrogen (secondary N) is 1. The molecule has 1 unspecified atom stereocenters. The highest BCUT2D eigenvalue weighted by Crippen LogP contribution is 2.14. The highest BCUT2D eigenvalue weighted by Gasteiger charge is 2.10. The average Bonchev–Trinajstić information content (AvgIpc) is 2.26. The zero-order valence-corrected chi connectivity index (χ0v) is 8.60. The lowest BCUT2D eigenvalue weighted by molar-refractivity contribution is 0.0911. The van der Waals surface area contributed by atoms with Crippen LogP contribution in [0.25, 0.3) is 0 Å². The molecule has 0 bridgehead atoms. The van der Waals surface area contributed by atoms with Crippen LogP contribution in [0.3, 0.4) is 0 Å². The summed E-state index contributed by atoms with van der Waals surface area (Å²) in [6.07, 6.45) is 0.0425. The van der Waals surface area contributed by atoms with Gasteiger partial charge in [0.25, 0.3) is 5.91 Å². The summed E-state index contributed by atoms with van der Waals surface area (Å²) in [5.41, 5.74) is 0.223. The van der Waals surface area contributed by atoms with Crippen LogP contribution in [0.1, 0.15) is 23.7 Å². The van der Waals surface area contributed by atoms with Gasteiger partial charge in [-0.3, -0.25) is 4.79 Å². The maximum Gasteiger partial charge on any atom is 0.255 e. The van der Waals surface area contributed by atoms with Crippen molar-refractivity contribution in [3.63, 3.8) is 0 Å². The topological polar surface area (TPSA) is 69.6 Å². The largest absolute Gasteiger partial charge is 0.507 e. The third kappa shape index (κ3) is 3.25. The molecule has 1 aromatic carbocycles. The predicted molar refractivity (Wildman–Crippen MR) is 56.7 cm³/mol. The van der Waals surface area contributed by atoms with Crippen molar-refractivity contribution < 1.29 is 15.0 Å². The van der Waals surface area contributed by atoms with Crippen molar-refractivity contribution in [3.8, 4) is 5.75 Å². The van der Waals surface area contributed by atoms with Crippen LogP contribution in [0.2, 0.25) is 0 Å². The van der Waals surface area contributed by atoms with Crippen LogP contribution < -0.4 is 5.32 Å². The molecular weight excluding hydrogens is 194 g/mol. The third-order valence-corrected chi connectivity index (χ3v) is 2.12. The van der Waals surface area contributed by atoms with Gasteiger partial charge in [0.2, 0.25) is 0 Å². The van der Waals surface area contributed by atoms with E-state index in [0.29, 0.717) is 6.42 Å². The lowest BCUT2D eigenvalue weighted by atomic mass is 10.2. The minimum Gasteiger partial charge on any atom is -0.507 e. The Morgan fingerprint density at radius 1 is 1.47 bits per heavy atom. The van der Waals surface area contributed by atoms with Crippen LogP contribution >= 0.6 is 0 Å². The van der Waals surface area contributed by atoms with E-state index in [9.17, 15) is 15.0 Å². The van der Waals surface area contributed by atoms with Gasteiger partial charge >= 0.3 is 0 Å². The van der Waals surface area contributed by atoms with Crippen molar-refractivity contribution >= 4 is 5.91 Å². The average molecular weight is 209 g/mol. The molecule has 0 radical (unpaired) electrons. The molecule has 0 heterocycles. The summed E-state index contributed by atoms with van der Waals surface area (Å²) in [7, 11) is 0. The first-order valence-corrected chi connectivity index (χ1v) is 4.89. The van der Waals surface area contributed by atoms with Gasteiger partial charge in [0.15, 0.2) is 0 Å². The molecule has 0 spiro atoms. The summed E-state index contributed by atoms with van der Waals surface area (Å²) < 4.78 is 0. The quantitative estimate of drug-likeness (QED) is 0.689. The fourth-order valence-electron chi connectivity index (χ4n) is 1.12. The zero-order valence-electron chi connectivity index (χ0n) is 8.60. The lowest BCUT2D eigenvalue weighted by Crippen LogP contribution is -2.31. The fraction of sp³-hybridized carbons (Fsp3) is 0.364. The molecule has 1 aromatic rings. The van der Waals surface area contributed by atoms with Gasteiger partial charge in [0, 0.05) is 6.54 Å². The molecule has 4 nitrogen and oxygen atoms in total. The van der Waals surface area contributed by atoms with Gasteiger partial charge in [-0.2, -0.15) is 0 Å². The Balaban J connectivity index is 2.58. The molecule has 1 amide bonds. The number of aliphatic hydroxyl groups excluding tert-OH is 1. The van der Waals surface area contributed by atoms with Crippen molar-refractivity contribution in [1.29, 1.82) is 0 Å². The van der Waals surface area contributed by atoms with Gasteiger partial charge < -0.3 is 15.5 Å². The number of amides is 1. The van der Waals surface area contributed by atoms with E-state index in [0.717, 1.165) is 0 Å². The normalized spacial score (nSPS) is 12.1. The van der Waals surface area contributed by atoms with Crippen molar-refractivity contribution in [2.45, 2.75) is 19.4 Å². The number of aromatic hydroxyl groups is 1. The number of hydrogen-bond donors (Lipinski definition) is 3. The lowest BCUT2D eigenvalue weighted by Gasteiger charge is -2.09. The number of para-hydroxylation sites is 1. The summed E-state index contributed by atoms with van der Waals surface area (Å²) in [6.45, 7) is 2.03. The predicted octanol–water partition coefficient (Wildman–Crippen LogP) is 0.893. The van der Waals surface area contributed by atoms with Gasteiger partial charge in [-0.05, 0) is 18.6 Å². The van der Waals surface area contributed by atoms with Crippen molar-refractivity contribution in [2.75, 3.05) is 6.54 Å². The second-order valence-electron chi connectivity index (χ2n) is 3.29. The highest BCUT2D eigenvalue weighted by atomic mass is 16.3. The number of phenolic OH excluding ortho intramolecular Hbond substituents is 1. The van der Waals surface area contributed by atoms with E-state index in [1.165, 1.54) is 12.1 Å². The molecule has 15 heavy (non-hydrogen) atoms. The maximum absolute atomic E-state index is 11.5. The first kappa shape index (κ1) is 11.5. The van der Waals surface area contributed by atoms with E-state index in [2.05, 4.69) is 5.32 Å². The van der Waals surface area contributed by atoms with Gasteiger partial charge in [0.05, 0.1) is 11.7 Å². The fourth-order valence-corrected chi connectivity index (χ4v) is 1.12. The monoisotopic (exact) mass is 209 g/mol. The standard InChI is InChI=1S/C11H15NO3/c1-2-8(13)7-12-11(15)9-5-3-4-6-10(9)14/h3-6,8,13-14H,2,7H2,1H3,(H,12,15). The van der Waals surface area contributed by atoms with Crippen LogP contribution in [0, 0.1) is 0 Å². The second-order valence-corrected chi connectivity index (χ2v) is 3.29. The van der Waals surface area contributed by atoms with Gasteiger partial charge in [-0.25, -0.2) is 0 Å². The van der Waals surface area contributed by atoms with E-state index >= 15 is 0 Å². The van der Waals surface area contributed by atoms with E-state index in [1.54, 1.807) is 12.1 Å². The third-order valence-electron chi connectivity index (χ3n) is 2.12. The van der Waals surface area contributed by atoms with E-state index in [-0.39, 0.29) is 23.8 Å². The number of phenols is 1. The van der Waals surface area contributed by atoms with Gasteiger partial charge in [-0.15, -0.1) is 0 Å². The molecule has 0 aromatic heterocycles. The van der Waals surface area contributed by atoms with E-state index < -0.39 is 6.10 Å². The molecule has 0 aliphatic rings. The van der Waals surface area contributed by atoms with Gasteiger partial charge in [0.1, 0.15) is 5.75 Å². The Bertz CT molecular complexity index is 338. The van der Waals surface area contributed by atoms with Crippen LogP contribution in [0.4, 0.5) is 0 Å². The number of carbonyl (C=O) groups excluding carboxylic acids is 1. The number of benzene rings is 1. The molecule has 4 heteroatoms. The maximum atomic E-state index is 11.5. The Morgan fingerprint density at radius 3 is 2.73 bits per heavy atom. The molecular formula is C11H15NO3. The highest BCUT2D eigenvalue weighted by molar-refractivity contribution is 5.96. The van der Waals surface area contributed by atoms with Crippen molar-refractivity contribution in [3.05, 3.63) is 29.8 Å². The molecule has 3 N–H and O–H groups in total. The number of hydrogen-bond acceptors (Lipinski definition) is 3. The number of carbonyl (C=O) groups is 1. The summed E-state index contributed by atoms with van der Waals surface area (Å²) in [5, 5.41) is 21.2. The Kier molecular flexibility index (Phi) is 4.12. The minimum absolute atomic E-state index is 0.0546. The molecule has 1 atom stereocenters. The Morgan fingerprint density at radius 2 is 2.13 bits per heavy atom. The number of aliphatic hydroxyl groups is 1. The first-order valence-electron chi connectivity index (χ1n) is 4.89. The molecule has 0 aliphatic heterocycles. The summed E-state index contributed by atoms with van der Waals surface area (Å²) >= 11 is 0. The molecule has 1 rings (SSSR count). The second kappa shape index (κ2) is 5.36. The summed E-state index contributed by atoms with van der Waals surface area (Å²) in [4.78, 5) is 11.5. The molecule has 82 valence electrons. The zero-order chi connectivity index (χ0) is 11.3. The molecule has 0 aliphatic carbocycles. The summed E-state index contributed by atoms with van der Waals surface area (Å²) in [5.74, 6) is -0.429. The van der Waals surface area contributed by atoms with Crippen molar-refractivity contribution in [2.24, 2.45) is 0 Å². The van der Waals surface area contributed by atoms with E-state index in [1.807, 2.05) is 6.92 Å². The Labute approximate surface area is 88.6 Å². The molecule has 0 fully saturated rings. The van der Waals surface area contributed by atoms with Crippen LogP contribution in [0.15, 0.2) is 24.3 Å². The Hall–Kier alpha value is -1.55.